The molecule has 136 valence electrons. The number of guanidine groups is 1. The van der Waals surface area contributed by atoms with Crippen LogP contribution in [0.2, 0.25) is 0 Å². The van der Waals surface area contributed by atoms with E-state index in [-0.39, 0.29) is 11.9 Å². The van der Waals surface area contributed by atoms with Crippen molar-refractivity contribution in [2.75, 3.05) is 13.1 Å². The van der Waals surface area contributed by atoms with Crippen LogP contribution in [-0.2, 0) is 6.42 Å². The highest BCUT2D eigenvalue weighted by Gasteiger charge is 2.10. The molecule has 2 N–H and O–H groups in total. The predicted octanol–water partition coefficient (Wildman–Crippen LogP) is 4.07. The van der Waals surface area contributed by atoms with Gasteiger partial charge in [-0.2, -0.15) is 0 Å². The van der Waals surface area contributed by atoms with Crippen molar-refractivity contribution >= 4 is 17.3 Å². The zero-order valence-electron chi connectivity index (χ0n) is 15.6. The second kappa shape index (κ2) is 8.94. The second-order valence-electron chi connectivity index (χ2n) is 6.13. The lowest BCUT2D eigenvalue weighted by Crippen LogP contribution is -2.38. The molecule has 0 saturated carbocycles. The van der Waals surface area contributed by atoms with Crippen LogP contribution in [0.15, 0.2) is 23.2 Å². The molecular formula is C19H27FN4S. The average molecular weight is 363 g/mol. The molecule has 0 radical (unpaired) electrons. The van der Waals surface area contributed by atoms with Crippen LogP contribution in [0.1, 0.15) is 46.6 Å². The molecule has 1 atom stereocenters. The Kier molecular flexibility index (Phi) is 6.93. The summed E-state index contributed by atoms with van der Waals surface area (Å²) >= 11 is 1.73. The Bertz CT molecular complexity index is 739. The number of rotatable bonds is 6. The third-order valence-electron chi connectivity index (χ3n) is 4.00. The van der Waals surface area contributed by atoms with Crippen molar-refractivity contribution in [3.05, 3.63) is 50.7 Å². The lowest BCUT2D eigenvalue weighted by Gasteiger charge is -2.18. The molecule has 1 aromatic heterocycles. The molecule has 25 heavy (non-hydrogen) atoms. The summed E-state index contributed by atoms with van der Waals surface area (Å²) in [5.74, 6) is 0.569. The SMILES string of the molecule is CCNC(=NCCc1sc(C)nc1C)NC(C)c1ccc(C)c(F)c1. The van der Waals surface area contributed by atoms with Crippen molar-refractivity contribution < 1.29 is 4.39 Å². The smallest absolute Gasteiger partial charge is 0.191 e. The van der Waals surface area contributed by atoms with Crippen molar-refractivity contribution in [3.63, 3.8) is 0 Å². The zero-order valence-corrected chi connectivity index (χ0v) is 16.4. The maximum absolute atomic E-state index is 13.8. The van der Waals surface area contributed by atoms with Crippen LogP contribution < -0.4 is 10.6 Å². The molecule has 0 aliphatic heterocycles. The minimum absolute atomic E-state index is 0.0275. The number of aryl methyl sites for hydroxylation is 3. The van der Waals surface area contributed by atoms with Gasteiger partial charge in [-0.3, -0.25) is 4.99 Å². The Balaban J connectivity index is 2.01. The van der Waals surface area contributed by atoms with Crippen molar-refractivity contribution in [2.45, 2.75) is 47.1 Å². The van der Waals surface area contributed by atoms with E-state index < -0.39 is 0 Å². The average Bonchev–Trinajstić information content (AvgIpc) is 2.87. The lowest BCUT2D eigenvalue weighted by atomic mass is 10.1. The third-order valence-corrected chi connectivity index (χ3v) is 5.13. The van der Waals surface area contributed by atoms with Gasteiger partial charge in [0.2, 0.25) is 0 Å². The first-order valence-corrected chi connectivity index (χ1v) is 9.46. The highest BCUT2D eigenvalue weighted by Crippen LogP contribution is 2.18. The number of nitrogens with one attached hydrogen (secondary N) is 2. The van der Waals surface area contributed by atoms with E-state index in [9.17, 15) is 4.39 Å². The minimum Gasteiger partial charge on any atom is -0.357 e. The van der Waals surface area contributed by atoms with Crippen LogP contribution >= 0.6 is 11.3 Å². The molecule has 2 aromatic rings. The van der Waals surface area contributed by atoms with Gasteiger partial charge < -0.3 is 10.6 Å². The highest BCUT2D eigenvalue weighted by molar-refractivity contribution is 7.11. The van der Waals surface area contributed by atoms with E-state index in [0.717, 1.165) is 35.2 Å². The molecule has 1 unspecified atom stereocenters. The summed E-state index contributed by atoms with van der Waals surface area (Å²) in [6.45, 7) is 11.3. The van der Waals surface area contributed by atoms with E-state index in [0.29, 0.717) is 12.1 Å². The molecule has 0 aliphatic rings. The van der Waals surface area contributed by atoms with Gasteiger partial charge in [-0.05, 0) is 51.8 Å². The second-order valence-corrected chi connectivity index (χ2v) is 7.41. The van der Waals surface area contributed by atoms with Crippen molar-refractivity contribution in [1.82, 2.24) is 15.6 Å². The number of hydrogen-bond acceptors (Lipinski definition) is 3. The zero-order chi connectivity index (χ0) is 18.4. The molecular weight excluding hydrogens is 335 g/mol. The Morgan fingerprint density at radius 3 is 2.68 bits per heavy atom. The summed E-state index contributed by atoms with van der Waals surface area (Å²) in [6, 6.07) is 5.31. The van der Waals surface area contributed by atoms with E-state index in [2.05, 4.69) is 20.6 Å². The van der Waals surface area contributed by atoms with Gasteiger partial charge in [-0.1, -0.05) is 12.1 Å². The van der Waals surface area contributed by atoms with E-state index in [1.807, 2.05) is 39.8 Å². The van der Waals surface area contributed by atoms with Gasteiger partial charge >= 0.3 is 0 Å². The molecule has 6 heteroatoms. The molecule has 0 fully saturated rings. The first kappa shape index (κ1) is 19.4. The minimum atomic E-state index is -0.177. The van der Waals surface area contributed by atoms with Gasteiger partial charge in [0.1, 0.15) is 5.82 Å². The number of aliphatic imine (C=N–C) groups is 1. The van der Waals surface area contributed by atoms with Crippen LogP contribution in [0, 0.1) is 26.6 Å². The van der Waals surface area contributed by atoms with Gasteiger partial charge in [0.05, 0.1) is 16.7 Å². The molecule has 1 heterocycles. The normalized spacial score (nSPS) is 13.0. The van der Waals surface area contributed by atoms with Gasteiger partial charge in [-0.15, -0.1) is 11.3 Å². The lowest BCUT2D eigenvalue weighted by molar-refractivity contribution is 0.607. The number of aromatic nitrogens is 1. The fourth-order valence-corrected chi connectivity index (χ4v) is 3.49. The Morgan fingerprint density at radius 1 is 1.32 bits per heavy atom. The number of benzene rings is 1. The Hall–Kier alpha value is -1.95. The van der Waals surface area contributed by atoms with E-state index in [4.69, 9.17) is 0 Å². The first-order valence-electron chi connectivity index (χ1n) is 8.64. The van der Waals surface area contributed by atoms with Gasteiger partial charge in [-0.25, -0.2) is 9.37 Å². The van der Waals surface area contributed by atoms with E-state index in [1.54, 1.807) is 24.3 Å². The van der Waals surface area contributed by atoms with Gasteiger partial charge in [0, 0.05) is 24.4 Å². The third kappa shape index (κ3) is 5.53. The summed E-state index contributed by atoms with van der Waals surface area (Å²) in [7, 11) is 0. The standard InChI is InChI=1S/C19H27FN4S/c1-6-21-19(22-10-9-18-14(4)23-15(5)25-18)24-13(3)16-8-7-12(2)17(20)11-16/h7-8,11,13H,6,9-10H2,1-5H3,(H2,21,22,24). The van der Waals surface area contributed by atoms with Crippen LogP contribution in [0.3, 0.4) is 0 Å². The molecule has 1 aromatic carbocycles. The summed E-state index contributed by atoms with van der Waals surface area (Å²) in [6.07, 6.45) is 0.876. The largest absolute Gasteiger partial charge is 0.357 e. The quantitative estimate of drug-likeness (QED) is 0.602. The molecule has 0 spiro atoms. The van der Waals surface area contributed by atoms with Crippen molar-refractivity contribution in [3.8, 4) is 0 Å². The number of nitrogens with zero attached hydrogens (tertiary/aromatic N) is 2. The first-order chi connectivity index (χ1) is 11.9. The van der Waals surface area contributed by atoms with E-state index >= 15 is 0 Å². The number of hydrogen-bond donors (Lipinski definition) is 2. The molecule has 0 aliphatic carbocycles. The topological polar surface area (TPSA) is 49.3 Å². The summed E-state index contributed by atoms with van der Waals surface area (Å²) in [5.41, 5.74) is 2.66. The fraction of sp³-hybridized carbons (Fsp3) is 0.474. The molecule has 0 bridgehead atoms. The Labute approximate surface area is 153 Å². The predicted molar refractivity (Wildman–Crippen MR) is 104 cm³/mol. The maximum atomic E-state index is 13.8. The monoisotopic (exact) mass is 362 g/mol. The number of thiazole rings is 1. The summed E-state index contributed by atoms with van der Waals surface area (Å²) in [5, 5.41) is 7.69. The van der Waals surface area contributed by atoms with E-state index in [1.165, 1.54) is 4.88 Å². The highest BCUT2D eigenvalue weighted by atomic mass is 32.1. The Morgan fingerprint density at radius 2 is 2.08 bits per heavy atom. The van der Waals surface area contributed by atoms with Crippen LogP contribution in [0.5, 0.6) is 0 Å². The molecule has 4 nitrogen and oxygen atoms in total. The fourth-order valence-electron chi connectivity index (χ4n) is 2.56. The molecule has 0 amide bonds. The van der Waals surface area contributed by atoms with Gasteiger partial charge in [0.25, 0.3) is 0 Å². The van der Waals surface area contributed by atoms with Gasteiger partial charge in [0.15, 0.2) is 5.96 Å². The van der Waals surface area contributed by atoms with Crippen LogP contribution in [0.4, 0.5) is 4.39 Å². The van der Waals surface area contributed by atoms with Crippen LogP contribution in [0.25, 0.3) is 0 Å². The van der Waals surface area contributed by atoms with Crippen molar-refractivity contribution in [1.29, 1.82) is 0 Å². The van der Waals surface area contributed by atoms with Crippen molar-refractivity contribution in [2.24, 2.45) is 4.99 Å². The van der Waals surface area contributed by atoms with Crippen LogP contribution in [-0.4, -0.2) is 24.0 Å². The summed E-state index contributed by atoms with van der Waals surface area (Å²) in [4.78, 5) is 10.4. The number of halogens is 1. The maximum Gasteiger partial charge on any atom is 0.191 e. The molecule has 2 rings (SSSR count). The molecule has 0 saturated heterocycles. The summed E-state index contributed by atoms with van der Waals surface area (Å²) < 4.78 is 13.8.